The summed E-state index contributed by atoms with van der Waals surface area (Å²) in [7, 11) is 1.54. The number of halogens is 3. The highest BCUT2D eigenvalue weighted by molar-refractivity contribution is 6.05. The van der Waals surface area contributed by atoms with Gasteiger partial charge in [0.1, 0.15) is 17.2 Å². The van der Waals surface area contributed by atoms with Gasteiger partial charge in [0.25, 0.3) is 23.3 Å². The Balaban J connectivity index is 1.49. The fraction of sp³-hybridized carbons (Fsp3) is 0.387. The number of carbonyl (C=O) groups excluding carboxylic acids is 2. The molecule has 0 radical (unpaired) electrons. The summed E-state index contributed by atoms with van der Waals surface area (Å²) in [6.45, 7) is 2.70. The first-order valence-corrected chi connectivity index (χ1v) is 14.2. The number of pyridine rings is 2. The van der Waals surface area contributed by atoms with E-state index < -0.39 is 42.2 Å². The van der Waals surface area contributed by atoms with Crippen LogP contribution in [-0.2, 0) is 13.6 Å². The number of hydrogen-bond donors (Lipinski definition) is 2. The maximum atomic E-state index is 15.5. The van der Waals surface area contributed by atoms with Crippen molar-refractivity contribution in [1.29, 1.82) is 5.26 Å². The van der Waals surface area contributed by atoms with Gasteiger partial charge in [-0.2, -0.15) is 10.2 Å². The maximum absolute atomic E-state index is 15.5. The predicted molar refractivity (Wildman–Crippen MR) is 155 cm³/mol. The van der Waals surface area contributed by atoms with Crippen LogP contribution in [0.1, 0.15) is 58.5 Å². The van der Waals surface area contributed by atoms with E-state index in [0.29, 0.717) is 18.5 Å². The van der Waals surface area contributed by atoms with E-state index in [0.717, 1.165) is 22.6 Å². The minimum atomic E-state index is -3.06. The number of likely N-dealkylation sites (tertiary alicyclic amines) is 1. The SMILES string of the molecule is CCOc1cc(-c2c(F)cc(C#N)cc2C(=O)N2CC(F)(F)C2)cc(NC(=O)c2cc(CN[C@@H](C)C3CC3)cn(C)c2=O)n1. The van der Waals surface area contributed by atoms with E-state index in [4.69, 9.17) is 4.74 Å². The van der Waals surface area contributed by atoms with Crippen LogP contribution in [0.15, 0.2) is 41.3 Å². The van der Waals surface area contributed by atoms with Crippen molar-refractivity contribution in [2.75, 3.05) is 25.0 Å². The third kappa shape index (κ3) is 6.60. The summed E-state index contributed by atoms with van der Waals surface area (Å²) in [5, 5.41) is 15.4. The lowest BCUT2D eigenvalue weighted by Crippen LogP contribution is -2.58. The van der Waals surface area contributed by atoms with Gasteiger partial charge < -0.3 is 24.8 Å². The summed E-state index contributed by atoms with van der Waals surface area (Å²) in [6.07, 6.45) is 3.99. The van der Waals surface area contributed by atoms with Crippen LogP contribution >= 0.6 is 0 Å². The van der Waals surface area contributed by atoms with Crippen LogP contribution in [0.25, 0.3) is 11.1 Å². The number of aromatic nitrogens is 2. The monoisotopic (exact) mass is 608 g/mol. The van der Waals surface area contributed by atoms with Crippen LogP contribution in [0.3, 0.4) is 0 Å². The van der Waals surface area contributed by atoms with E-state index in [1.54, 1.807) is 26.2 Å². The molecule has 0 spiro atoms. The second-order valence-corrected chi connectivity index (χ2v) is 11.2. The second kappa shape index (κ2) is 12.1. The molecular formula is C31H31F3N6O4. The van der Waals surface area contributed by atoms with Gasteiger partial charge >= 0.3 is 0 Å². The van der Waals surface area contributed by atoms with Gasteiger partial charge in [-0.15, -0.1) is 0 Å². The maximum Gasteiger partial charge on any atom is 0.282 e. The average molecular weight is 609 g/mol. The Kier molecular flexibility index (Phi) is 8.47. The van der Waals surface area contributed by atoms with Crippen LogP contribution in [0.2, 0.25) is 0 Å². The van der Waals surface area contributed by atoms with E-state index in [1.165, 1.54) is 35.6 Å². The molecule has 2 N–H and O–H groups in total. The normalized spacial score (nSPS) is 16.1. The minimum absolute atomic E-state index is 0.0298. The zero-order valence-corrected chi connectivity index (χ0v) is 24.4. The number of ether oxygens (including phenoxy) is 1. The molecule has 1 aromatic carbocycles. The van der Waals surface area contributed by atoms with E-state index in [1.807, 2.05) is 0 Å². The summed E-state index contributed by atoms with van der Waals surface area (Å²) < 4.78 is 49.4. The Morgan fingerprint density at radius 3 is 2.55 bits per heavy atom. The Hall–Kier alpha value is -4.70. The molecule has 13 heteroatoms. The molecule has 0 bridgehead atoms. The van der Waals surface area contributed by atoms with Crippen molar-refractivity contribution in [2.24, 2.45) is 13.0 Å². The first-order chi connectivity index (χ1) is 20.9. The molecule has 2 fully saturated rings. The van der Waals surface area contributed by atoms with Crippen LogP contribution in [-0.4, -0.2) is 57.9 Å². The summed E-state index contributed by atoms with van der Waals surface area (Å²) in [4.78, 5) is 44.6. The quantitative estimate of drug-likeness (QED) is 0.355. The number of nitrogens with one attached hydrogen (secondary N) is 2. The van der Waals surface area contributed by atoms with Crippen LogP contribution in [0.4, 0.5) is 19.0 Å². The number of benzene rings is 1. The number of amides is 2. The molecule has 1 aliphatic heterocycles. The van der Waals surface area contributed by atoms with Gasteiger partial charge in [-0.1, -0.05) is 0 Å². The van der Waals surface area contributed by atoms with Crippen LogP contribution in [0.5, 0.6) is 5.88 Å². The van der Waals surface area contributed by atoms with Gasteiger partial charge in [0.05, 0.1) is 36.9 Å². The first kappa shape index (κ1) is 30.7. The van der Waals surface area contributed by atoms with Crippen molar-refractivity contribution < 1.29 is 27.5 Å². The second-order valence-electron chi connectivity index (χ2n) is 11.2. The van der Waals surface area contributed by atoms with Gasteiger partial charge in [-0.05, 0) is 68.0 Å². The van der Waals surface area contributed by atoms with E-state index in [-0.39, 0.29) is 46.1 Å². The number of nitrogens with zero attached hydrogens (tertiary/aromatic N) is 4. The molecule has 1 atom stereocenters. The Morgan fingerprint density at radius 2 is 1.91 bits per heavy atom. The lowest BCUT2D eigenvalue weighted by Gasteiger charge is -2.39. The van der Waals surface area contributed by atoms with Crippen molar-refractivity contribution in [3.63, 3.8) is 0 Å². The zero-order valence-electron chi connectivity index (χ0n) is 24.4. The smallest absolute Gasteiger partial charge is 0.282 e. The molecule has 2 amide bonds. The standard InChI is InChI=1S/C31H31F3N6O4/c1-4-44-26-11-21(27-22(7-18(12-35)9-24(27)32)30(43)40-15-31(33,34)16-40)10-25(37-26)38-28(41)23-8-19(14-39(3)29(23)42)13-36-17(2)20-5-6-20/h7-11,14,17,20,36H,4-6,13,15-16H2,1-3H3,(H,37,38,41)/t17-/m0/s1. The molecule has 2 aromatic heterocycles. The molecule has 3 heterocycles. The van der Waals surface area contributed by atoms with Crippen molar-refractivity contribution >= 4 is 17.6 Å². The predicted octanol–water partition coefficient (Wildman–Crippen LogP) is 4.09. The fourth-order valence-electron chi connectivity index (χ4n) is 5.16. The zero-order chi connectivity index (χ0) is 31.8. The van der Waals surface area contributed by atoms with Crippen molar-refractivity contribution in [1.82, 2.24) is 19.8 Å². The summed E-state index contributed by atoms with van der Waals surface area (Å²) in [5.41, 5.74) is -0.687. The van der Waals surface area contributed by atoms with E-state index in [9.17, 15) is 28.4 Å². The van der Waals surface area contributed by atoms with Crippen molar-refractivity contribution in [3.05, 3.63) is 75.0 Å². The molecule has 3 aromatic rings. The molecule has 1 saturated heterocycles. The number of hydrogen-bond acceptors (Lipinski definition) is 7. The Morgan fingerprint density at radius 1 is 1.18 bits per heavy atom. The van der Waals surface area contributed by atoms with Crippen LogP contribution < -0.4 is 20.9 Å². The highest BCUT2D eigenvalue weighted by Crippen LogP contribution is 2.36. The van der Waals surface area contributed by atoms with Gasteiger partial charge in [-0.3, -0.25) is 14.4 Å². The summed E-state index contributed by atoms with van der Waals surface area (Å²) in [5.74, 6) is -5.19. The largest absolute Gasteiger partial charge is 0.478 e. The van der Waals surface area contributed by atoms with E-state index in [2.05, 4.69) is 22.5 Å². The van der Waals surface area contributed by atoms with Gasteiger partial charge in [0.2, 0.25) is 5.88 Å². The number of carbonyl (C=O) groups is 2. The topological polar surface area (TPSA) is 129 Å². The highest BCUT2D eigenvalue weighted by atomic mass is 19.3. The van der Waals surface area contributed by atoms with Crippen molar-refractivity contribution in [2.45, 2.75) is 45.2 Å². The van der Waals surface area contributed by atoms with Gasteiger partial charge in [0, 0.05) is 37.5 Å². The number of aryl methyl sites for hydroxylation is 1. The van der Waals surface area contributed by atoms with E-state index >= 15 is 4.39 Å². The summed E-state index contributed by atoms with van der Waals surface area (Å²) in [6, 6.07) is 8.22. The van der Waals surface area contributed by atoms with Gasteiger partial charge in [0.15, 0.2) is 0 Å². The Bertz CT molecular complexity index is 1720. The fourth-order valence-corrected chi connectivity index (χ4v) is 5.16. The Labute approximate surface area is 251 Å². The average Bonchev–Trinajstić information content (AvgIpc) is 3.81. The molecule has 1 saturated carbocycles. The van der Waals surface area contributed by atoms with Crippen LogP contribution in [0, 0.1) is 23.1 Å². The summed E-state index contributed by atoms with van der Waals surface area (Å²) >= 11 is 0. The number of rotatable bonds is 10. The lowest BCUT2D eigenvalue weighted by atomic mass is 9.95. The number of nitriles is 1. The number of anilines is 1. The lowest BCUT2D eigenvalue weighted by molar-refractivity contribution is -0.113. The third-order valence-electron chi connectivity index (χ3n) is 7.65. The van der Waals surface area contributed by atoms with Crippen molar-refractivity contribution in [3.8, 4) is 23.1 Å². The molecule has 44 heavy (non-hydrogen) atoms. The van der Waals surface area contributed by atoms with Gasteiger partial charge in [-0.25, -0.2) is 13.2 Å². The molecule has 2 aliphatic rings. The highest BCUT2D eigenvalue weighted by Gasteiger charge is 2.47. The molecular weight excluding hydrogens is 577 g/mol. The minimum Gasteiger partial charge on any atom is -0.478 e. The number of alkyl halides is 2. The molecule has 1 aliphatic carbocycles. The molecule has 230 valence electrons. The molecule has 0 unspecified atom stereocenters. The molecule has 5 rings (SSSR count). The molecule has 10 nitrogen and oxygen atoms in total. The third-order valence-corrected chi connectivity index (χ3v) is 7.65. The first-order valence-electron chi connectivity index (χ1n) is 14.2.